The average molecular weight is 280 g/mol. The summed E-state index contributed by atoms with van der Waals surface area (Å²) in [7, 11) is 1.75. The van der Waals surface area contributed by atoms with Gasteiger partial charge in [-0.2, -0.15) is 13.2 Å². The van der Waals surface area contributed by atoms with Crippen molar-refractivity contribution in [1.82, 2.24) is 5.32 Å². The summed E-state index contributed by atoms with van der Waals surface area (Å²) in [5.41, 5.74) is 1.89. The highest BCUT2D eigenvalue weighted by molar-refractivity contribution is 6.31. The van der Waals surface area contributed by atoms with Gasteiger partial charge in [0.1, 0.15) is 0 Å². The third-order valence-corrected chi connectivity index (χ3v) is 3.40. The van der Waals surface area contributed by atoms with E-state index in [9.17, 15) is 13.2 Å². The highest BCUT2D eigenvalue weighted by atomic mass is 35.5. The Hall–Kier alpha value is -0.740. The normalized spacial score (nSPS) is 13.7. The molecule has 0 bridgehead atoms. The number of rotatable bonds is 5. The standard InChI is InChI=1S/C13H17ClF3N/c1-9-10(5-3-6-11(9)14)12(18-2)7-4-8-13(15,16)17/h3,5-6,12,18H,4,7-8H2,1-2H3. The molecule has 1 nitrogen and oxygen atoms in total. The number of halogens is 4. The van der Waals surface area contributed by atoms with E-state index in [0.29, 0.717) is 11.4 Å². The summed E-state index contributed by atoms with van der Waals surface area (Å²) in [5.74, 6) is 0. The van der Waals surface area contributed by atoms with E-state index in [1.165, 1.54) is 0 Å². The Bertz CT molecular complexity index is 390. The number of nitrogens with one attached hydrogen (secondary N) is 1. The molecule has 0 saturated carbocycles. The fourth-order valence-corrected chi connectivity index (χ4v) is 2.15. The van der Waals surface area contributed by atoms with E-state index in [1.807, 2.05) is 19.1 Å². The molecule has 0 spiro atoms. The second-order valence-corrected chi connectivity index (χ2v) is 4.71. The Morgan fingerprint density at radius 1 is 1.33 bits per heavy atom. The van der Waals surface area contributed by atoms with Crippen LogP contribution in [0.25, 0.3) is 0 Å². The van der Waals surface area contributed by atoms with Crippen LogP contribution in [0.5, 0.6) is 0 Å². The first kappa shape index (κ1) is 15.3. The molecule has 0 aliphatic carbocycles. The van der Waals surface area contributed by atoms with Gasteiger partial charge in [0.25, 0.3) is 0 Å². The van der Waals surface area contributed by atoms with Gasteiger partial charge in [-0.1, -0.05) is 23.7 Å². The second-order valence-electron chi connectivity index (χ2n) is 4.30. The van der Waals surface area contributed by atoms with Gasteiger partial charge in [-0.05, 0) is 44.0 Å². The van der Waals surface area contributed by atoms with E-state index >= 15 is 0 Å². The van der Waals surface area contributed by atoms with Crippen LogP contribution >= 0.6 is 11.6 Å². The van der Waals surface area contributed by atoms with Crippen molar-refractivity contribution in [2.75, 3.05) is 7.05 Å². The molecule has 1 atom stereocenters. The van der Waals surface area contributed by atoms with Crippen LogP contribution in [0.1, 0.15) is 36.4 Å². The van der Waals surface area contributed by atoms with Crippen molar-refractivity contribution >= 4 is 11.6 Å². The Morgan fingerprint density at radius 3 is 2.56 bits per heavy atom. The van der Waals surface area contributed by atoms with Crippen LogP contribution in [-0.2, 0) is 0 Å². The SMILES string of the molecule is CNC(CCCC(F)(F)F)c1cccc(Cl)c1C. The van der Waals surface area contributed by atoms with E-state index in [2.05, 4.69) is 5.32 Å². The van der Waals surface area contributed by atoms with Gasteiger partial charge in [0.05, 0.1) is 0 Å². The van der Waals surface area contributed by atoms with Crippen LogP contribution in [0, 0.1) is 6.92 Å². The van der Waals surface area contributed by atoms with Crippen LogP contribution < -0.4 is 5.32 Å². The topological polar surface area (TPSA) is 12.0 Å². The zero-order valence-corrected chi connectivity index (χ0v) is 11.2. The van der Waals surface area contributed by atoms with Crippen molar-refractivity contribution in [3.8, 4) is 0 Å². The maximum Gasteiger partial charge on any atom is 0.389 e. The molecule has 1 N–H and O–H groups in total. The summed E-state index contributed by atoms with van der Waals surface area (Å²) in [6.07, 6.45) is -4.27. The quantitative estimate of drug-likeness (QED) is 0.828. The molecule has 0 aliphatic heterocycles. The summed E-state index contributed by atoms with van der Waals surface area (Å²) in [6.45, 7) is 1.88. The van der Waals surface area contributed by atoms with Gasteiger partial charge in [0.15, 0.2) is 0 Å². The van der Waals surface area contributed by atoms with Gasteiger partial charge in [0, 0.05) is 17.5 Å². The van der Waals surface area contributed by atoms with Crippen molar-refractivity contribution in [3.05, 3.63) is 34.3 Å². The Balaban J connectivity index is 2.69. The van der Waals surface area contributed by atoms with E-state index in [-0.39, 0.29) is 12.5 Å². The van der Waals surface area contributed by atoms with E-state index in [1.54, 1.807) is 13.1 Å². The number of benzene rings is 1. The first-order valence-electron chi connectivity index (χ1n) is 5.84. The zero-order chi connectivity index (χ0) is 13.8. The van der Waals surface area contributed by atoms with Gasteiger partial charge in [-0.25, -0.2) is 0 Å². The molecule has 18 heavy (non-hydrogen) atoms. The molecule has 1 aromatic carbocycles. The highest BCUT2D eigenvalue weighted by Gasteiger charge is 2.27. The number of hydrogen-bond donors (Lipinski definition) is 1. The van der Waals surface area contributed by atoms with E-state index in [4.69, 9.17) is 11.6 Å². The van der Waals surface area contributed by atoms with Crippen LogP contribution in [0.3, 0.4) is 0 Å². The van der Waals surface area contributed by atoms with E-state index in [0.717, 1.165) is 11.1 Å². The minimum atomic E-state index is -4.08. The van der Waals surface area contributed by atoms with Crippen LogP contribution in [0.15, 0.2) is 18.2 Å². The molecule has 0 radical (unpaired) electrons. The molecule has 102 valence electrons. The van der Waals surface area contributed by atoms with Crippen molar-refractivity contribution in [2.45, 2.75) is 38.4 Å². The van der Waals surface area contributed by atoms with Crippen molar-refractivity contribution in [1.29, 1.82) is 0 Å². The molecule has 0 aromatic heterocycles. The fraction of sp³-hybridized carbons (Fsp3) is 0.538. The monoisotopic (exact) mass is 279 g/mol. The summed E-state index contributed by atoms with van der Waals surface area (Å²) >= 11 is 6.01. The predicted octanol–water partition coefficient (Wildman–Crippen LogP) is 4.64. The lowest BCUT2D eigenvalue weighted by molar-refractivity contribution is -0.135. The minimum absolute atomic E-state index is 0.0916. The van der Waals surface area contributed by atoms with Crippen molar-refractivity contribution in [3.63, 3.8) is 0 Å². The van der Waals surface area contributed by atoms with Gasteiger partial charge in [0.2, 0.25) is 0 Å². The van der Waals surface area contributed by atoms with Gasteiger partial charge in [-0.3, -0.25) is 0 Å². The lowest BCUT2D eigenvalue weighted by Crippen LogP contribution is -2.18. The predicted molar refractivity (Wildman–Crippen MR) is 67.9 cm³/mol. The van der Waals surface area contributed by atoms with Gasteiger partial charge >= 0.3 is 6.18 Å². The van der Waals surface area contributed by atoms with Crippen LogP contribution in [0.4, 0.5) is 13.2 Å². The van der Waals surface area contributed by atoms with Gasteiger partial charge < -0.3 is 5.32 Å². The summed E-state index contributed by atoms with van der Waals surface area (Å²) in [6, 6.07) is 5.41. The first-order valence-corrected chi connectivity index (χ1v) is 6.22. The summed E-state index contributed by atoms with van der Waals surface area (Å²) in [4.78, 5) is 0. The largest absolute Gasteiger partial charge is 0.389 e. The first-order chi connectivity index (χ1) is 8.35. The Labute approximate surface area is 110 Å². The minimum Gasteiger partial charge on any atom is -0.313 e. The molecule has 1 unspecified atom stereocenters. The smallest absolute Gasteiger partial charge is 0.313 e. The van der Waals surface area contributed by atoms with E-state index < -0.39 is 12.6 Å². The Kier molecular flexibility index (Phi) is 5.47. The maximum atomic E-state index is 12.1. The number of alkyl halides is 3. The molecule has 0 amide bonds. The summed E-state index contributed by atoms with van der Waals surface area (Å²) in [5, 5.41) is 3.69. The molecular formula is C13H17ClF3N. The zero-order valence-electron chi connectivity index (χ0n) is 10.4. The highest BCUT2D eigenvalue weighted by Crippen LogP contribution is 2.29. The van der Waals surface area contributed by atoms with Gasteiger partial charge in [-0.15, -0.1) is 0 Å². The number of hydrogen-bond acceptors (Lipinski definition) is 1. The molecule has 5 heteroatoms. The van der Waals surface area contributed by atoms with Crippen molar-refractivity contribution in [2.24, 2.45) is 0 Å². The lowest BCUT2D eigenvalue weighted by Gasteiger charge is -2.19. The second kappa shape index (κ2) is 6.43. The Morgan fingerprint density at radius 2 is 2.00 bits per heavy atom. The van der Waals surface area contributed by atoms with Crippen LogP contribution in [-0.4, -0.2) is 13.2 Å². The summed E-state index contributed by atoms with van der Waals surface area (Å²) < 4.78 is 36.3. The molecule has 0 saturated heterocycles. The maximum absolute atomic E-state index is 12.1. The molecule has 0 aliphatic rings. The van der Waals surface area contributed by atoms with Crippen molar-refractivity contribution < 1.29 is 13.2 Å². The third kappa shape index (κ3) is 4.50. The average Bonchev–Trinajstić information content (AvgIpc) is 2.27. The third-order valence-electron chi connectivity index (χ3n) is 2.99. The molecule has 1 rings (SSSR count). The fourth-order valence-electron chi connectivity index (χ4n) is 1.96. The molecule has 0 fully saturated rings. The van der Waals surface area contributed by atoms with Crippen LogP contribution in [0.2, 0.25) is 5.02 Å². The lowest BCUT2D eigenvalue weighted by atomic mass is 9.97. The molecule has 1 aromatic rings. The molecule has 0 heterocycles. The molecular weight excluding hydrogens is 263 g/mol.